The standard InChI is InChI=1S/C27H33ClN8O3S/c1-4-35(27(40)31-18-14-15-21(38-2)22(16-18)39-3)25-32-24(30-17-10-6-5-7-11-17)33-26(34-25)36(23(29)37)20-13-9-8-12-19(20)28/h8-9,12-17H,4-7,10-11H2,1-3H3,(H2,29,37)(H,31,40)(H,30,32,33,34). The first-order chi connectivity index (χ1) is 19.3. The minimum absolute atomic E-state index is 0.0243. The average molecular weight is 585 g/mol. The third-order valence-electron chi connectivity index (χ3n) is 6.50. The second-order valence-corrected chi connectivity index (χ2v) is 9.90. The molecule has 0 bridgehead atoms. The lowest BCUT2D eigenvalue weighted by atomic mass is 9.96. The summed E-state index contributed by atoms with van der Waals surface area (Å²) in [4.78, 5) is 29.4. The van der Waals surface area contributed by atoms with Crippen molar-refractivity contribution in [1.29, 1.82) is 0 Å². The van der Waals surface area contributed by atoms with E-state index in [1.165, 1.54) is 6.42 Å². The number of anilines is 5. The quantitative estimate of drug-likeness (QED) is 0.268. The average Bonchev–Trinajstić information content (AvgIpc) is 2.95. The molecular formula is C27H33ClN8O3S. The second kappa shape index (κ2) is 13.4. The smallest absolute Gasteiger partial charge is 0.326 e. The van der Waals surface area contributed by atoms with E-state index in [1.54, 1.807) is 55.5 Å². The molecular weight excluding hydrogens is 552 g/mol. The fourth-order valence-corrected chi connectivity index (χ4v) is 5.06. The van der Waals surface area contributed by atoms with Gasteiger partial charge in [-0.3, -0.25) is 4.90 Å². The predicted octanol–water partition coefficient (Wildman–Crippen LogP) is 5.73. The molecule has 4 N–H and O–H groups in total. The molecule has 212 valence electrons. The Morgan fingerprint density at radius 1 is 1.05 bits per heavy atom. The summed E-state index contributed by atoms with van der Waals surface area (Å²) in [5.74, 6) is 1.73. The van der Waals surface area contributed by atoms with Gasteiger partial charge in [0.05, 0.1) is 24.9 Å². The van der Waals surface area contributed by atoms with Crippen molar-refractivity contribution in [1.82, 2.24) is 15.0 Å². The number of nitrogens with one attached hydrogen (secondary N) is 2. The molecule has 0 atom stereocenters. The van der Waals surface area contributed by atoms with E-state index < -0.39 is 6.03 Å². The van der Waals surface area contributed by atoms with E-state index in [-0.39, 0.29) is 17.9 Å². The van der Waals surface area contributed by atoms with Crippen LogP contribution in [0.15, 0.2) is 42.5 Å². The van der Waals surface area contributed by atoms with Crippen molar-refractivity contribution in [3.05, 3.63) is 47.5 Å². The Kier molecular flexibility index (Phi) is 9.78. The van der Waals surface area contributed by atoms with Crippen LogP contribution in [0.2, 0.25) is 5.02 Å². The molecule has 0 unspecified atom stereocenters. The molecule has 0 saturated heterocycles. The molecule has 1 aromatic heterocycles. The van der Waals surface area contributed by atoms with Crippen LogP contribution in [0.25, 0.3) is 0 Å². The van der Waals surface area contributed by atoms with Crippen molar-refractivity contribution in [3.8, 4) is 11.5 Å². The van der Waals surface area contributed by atoms with Crippen molar-refractivity contribution in [2.75, 3.05) is 41.2 Å². The third-order valence-corrected chi connectivity index (χ3v) is 7.14. The number of para-hydroxylation sites is 1. The molecule has 0 spiro atoms. The summed E-state index contributed by atoms with van der Waals surface area (Å²) in [6.45, 7) is 2.34. The van der Waals surface area contributed by atoms with Gasteiger partial charge in [0, 0.05) is 24.3 Å². The zero-order valence-electron chi connectivity index (χ0n) is 22.7. The summed E-state index contributed by atoms with van der Waals surface area (Å²) in [6.07, 6.45) is 5.44. The monoisotopic (exact) mass is 584 g/mol. The van der Waals surface area contributed by atoms with Crippen molar-refractivity contribution < 1.29 is 14.3 Å². The van der Waals surface area contributed by atoms with E-state index in [4.69, 9.17) is 39.0 Å². The van der Waals surface area contributed by atoms with Gasteiger partial charge in [-0.05, 0) is 56.2 Å². The highest BCUT2D eigenvalue weighted by molar-refractivity contribution is 7.80. The first-order valence-corrected chi connectivity index (χ1v) is 13.8. The minimum Gasteiger partial charge on any atom is -0.493 e. The molecule has 2 amide bonds. The van der Waals surface area contributed by atoms with E-state index in [0.29, 0.717) is 45.5 Å². The Morgan fingerprint density at radius 3 is 2.40 bits per heavy atom. The van der Waals surface area contributed by atoms with Gasteiger partial charge in [0.15, 0.2) is 16.6 Å². The number of methoxy groups -OCH3 is 2. The van der Waals surface area contributed by atoms with Gasteiger partial charge in [0.2, 0.25) is 17.8 Å². The number of halogens is 1. The number of hydrogen-bond donors (Lipinski definition) is 3. The number of aromatic nitrogens is 3. The van der Waals surface area contributed by atoms with Gasteiger partial charge >= 0.3 is 6.03 Å². The second-order valence-electron chi connectivity index (χ2n) is 9.11. The molecule has 1 saturated carbocycles. The maximum atomic E-state index is 12.7. The molecule has 13 heteroatoms. The molecule has 3 aromatic rings. The first kappa shape index (κ1) is 29.1. The molecule has 1 heterocycles. The van der Waals surface area contributed by atoms with Gasteiger partial charge in [-0.15, -0.1) is 0 Å². The zero-order chi connectivity index (χ0) is 28.6. The molecule has 1 aliphatic rings. The van der Waals surface area contributed by atoms with E-state index in [0.717, 1.165) is 30.6 Å². The Balaban J connectivity index is 1.72. The Morgan fingerprint density at radius 2 is 1.75 bits per heavy atom. The summed E-state index contributed by atoms with van der Waals surface area (Å²) in [5, 5.41) is 7.28. The van der Waals surface area contributed by atoms with E-state index in [1.807, 2.05) is 13.0 Å². The predicted molar refractivity (Wildman–Crippen MR) is 162 cm³/mol. The van der Waals surface area contributed by atoms with Gasteiger partial charge in [0.1, 0.15) is 0 Å². The number of nitrogens with two attached hydrogens (primary N) is 1. The van der Waals surface area contributed by atoms with Crippen molar-refractivity contribution in [3.63, 3.8) is 0 Å². The SMILES string of the molecule is CCN(C(=S)Nc1ccc(OC)c(OC)c1)c1nc(NC2CCCCC2)nc(N(C(N)=O)c2ccccc2Cl)n1. The van der Waals surface area contributed by atoms with Crippen LogP contribution >= 0.6 is 23.8 Å². The number of primary amides is 1. The van der Waals surface area contributed by atoms with E-state index >= 15 is 0 Å². The van der Waals surface area contributed by atoms with Crippen LogP contribution in [-0.4, -0.2) is 52.9 Å². The molecule has 40 heavy (non-hydrogen) atoms. The van der Waals surface area contributed by atoms with Gasteiger partial charge in [-0.1, -0.05) is 43.0 Å². The van der Waals surface area contributed by atoms with E-state index in [9.17, 15) is 4.79 Å². The summed E-state index contributed by atoms with van der Waals surface area (Å²) in [5.41, 5.74) is 6.85. The fourth-order valence-electron chi connectivity index (χ4n) is 4.51. The minimum atomic E-state index is -0.789. The lowest BCUT2D eigenvalue weighted by Crippen LogP contribution is -2.38. The maximum Gasteiger partial charge on any atom is 0.326 e. The summed E-state index contributed by atoms with van der Waals surface area (Å²) in [7, 11) is 3.14. The molecule has 4 rings (SSSR count). The number of nitrogens with zero attached hydrogens (tertiary/aromatic N) is 5. The van der Waals surface area contributed by atoms with Crippen LogP contribution in [0.4, 0.5) is 34.0 Å². The van der Waals surface area contributed by atoms with Gasteiger partial charge in [-0.2, -0.15) is 15.0 Å². The lowest BCUT2D eigenvalue weighted by Gasteiger charge is -2.27. The largest absolute Gasteiger partial charge is 0.493 e. The number of rotatable bonds is 9. The zero-order valence-corrected chi connectivity index (χ0v) is 24.3. The number of carbonyl (C=O) groups excluding carboxylic acids is 1. The highest BCUT2D eigenvalue weighted by atomic mass is 35.5. The molecule has 1 fully saturated rings. The Bertz CT molecular complexity index is 1360. The normalized spacial score (nSPS) is 13.3. The maximum absolute atomic E-state index is 12.7. The van der Waals surface area contributed by atoms with Crippen LogP contribution in [0, 0.1) is 0 Å². The molecule has 0 radical (unpaired) electrons. The summed E-state index contributed by atoms with van der Waals surface area (Å²) >= 11 is 12.2. The molecule has 1 aliphatic carbocycles. The number of amides is 2. The van der Waals surface area contributed by atoms with Crippen molar-refractivity contribution in [2.24, 2.45) is 5.73 Å². The van der Waals surface area contributed by atoms with Gasteiger partial charge < -0.3 is 25.8 Å². The van der Waals surface area contributed by atoms with E-state index in [2.05, 4.69) is 25.6 Å². The number of urea groups is 1. The summed E-state index contributed by atoms with van der Waals surface area (Å²) < 4.78 is 10.7. The van der Waals surface area contributed by atoms with Crippen LogP contribution in [0.1, 0.15) is 39.0 Å². The van der Waals surface area contributed by atoms with Crippen LogP contribution in [-0.2, 0) is 0 Å². The van der Waals surface area contributed by atoms with Crippen molar-refractivity contribution in [2.45, 2.75) is 45.1 Å². The number of hydrogen-bond acceptors (Lipinski definition) is 8. The number of ether oxygens (including phenoxy) is 2. The van der Waals surface area contributed by atoms with Crippen LogP contribution in [0.3, 0.4) is 0 Å². The molecule has 2 aromatic carbocycles. The highest BCUT2D eigenvalue weighted by Crippen LogP contribution is 2.32. The Hall–Kier alpha value is -3.90. The number of benzene rings is 2. The molecule has 0 aliphatic heterocycles. The number of thiocarbonyl (C=S) groups is 1. The van der Waals surface area contributed by atoms with Crippen LogP contribution in [0.5, 0.6) is 11.5 Å². The van der Waals surface area contributed by atoms with Gasteiger partial charge in [-0.25, -0.2) is 9.69 Å². The topological polar surface area (TPSA) is 131 Å². The Labute approximate surface area is 244 Å². The van der Waals surface area contributed by atoms with Gasteiger partial charge in [0.25, 0.3) is 0 Å². The fraction of sp³-hybridized carbons (Fsp3) is 0.370. The van der Waals surface area contributed by atoms with Crippen LogP contribution < -0.4 is 35.6 Å². The lowest BCUT2D eigenvalue weighted by molar-refractivity contribution is 0.256. The number of carbonyl (C=O) groups is 1. The highest BCUT2D eigenvalue weighted by Gasteiger charge is 2.26. The summed E-state index contributed by atoms with van der Waals surface area (Å²) in [6, 6.07) is 11.6. The molecule has 11 nitrogen and oxygen atoms in total. The third kappa shape index (κ3) is 6.80. The van der Waals surface area contributed by atoms with Crippen molar-refractivity contribution >= 4 is 64.2 Å². The first-order valence-electron chi connectivity index (χ1n) is 13.0.